The van der Waals surface area contributed by atoms with Gasteiger partial charge in [0.15, 0.2) is 0 Å². The average molecular weight is 336 g/mol. The van der Waals surface area contributed by atoms with Crippen molar-refractivity contribution in [3.8, 4) is 0 Å². The Kier molecular flexibility index (Phi) is 4.15. The first kappa shape index (κ1) is 15.7. The summed E-state index contributed by atoms with van der Waals surface area (Å²) in [6.07, 6.45) is -4.83. The highest BCUT2D eigenvalue weighted by molar-refractivity contribution is 7.92. The van der Waals surface area contributed by atoms with Gasteiger partial charge in [-0.05, 0) is 30.3 Å². The molecule has 0 saturated carbocycles. The molecule has 8 heteroatoms. The van der Waals surface area contributed by atoms with Crippen LogP contribution in [0.5, 0.6) is 0 Å². The molecule has 0 aliphatic rings. The van der Waals surface area contributed by atoms with Crippen molar-refractivity contribution in [3.63, 3.8) is 0 Å². The maximum atomic E-state index is 12.9. The molecule has 112 valence electrons. The second kappa shape index (κ2) is 5.57. The Bertz CT molecular complexity index is 746. The topological polar surface area (TPSA) is 46.2 Å². The van der Waals surface area contributed by atoms with Crippen LogP contribution in [0.2, 0.25) is 5.02 Å². The molecule has 0 unspecified atom stereocenters. The number of benzene rings is 2. The quantitative estimate of drug-likeness (QED) is 0.915. The predicted molar refractivity (Wildman–Crippen MR) is 73.7 cm³/mol. The van der Waals surface area contributed by atoms with Gasteiger partial charge in [-0.1, -0.05) is 29.8 Å². The fraction of sp³-hybridized carbons (Fsp3) is 0.0769. The van der Waals surface area contributed by atoms with Crippen molar-refractivity contribution in [2.75, 3.05) is 4.72 Å². The summed E-state index contributed by atoms with van der Waals surface area (Å²) in [5.74, 6) is 0. The molecule has 0 aliphatic carbocycles. The van der Waals surface area contributed by atoms with Crippen molar-refractivity contribution in [3.05, 3.63) is 59.1 Å². The van der Waals surface area contributed by atoms with E-state index >= 15 is 0 Å². The monoisotopic (exact) mass is 335 g/mol. The van der Waals surface area contributed by atoms with Crippen molar-refractivity contribution >= 4 is 27.3 Å². The van der Waals surface area contributed by atoms with Crippen molar-refractivity contribution in [1.29, 1.82) is 0 Å². The van der Waals surface area contributed by atoms with Crippen molar-refractivity contribution in [1.82, 2.24) is 0 Å². The highest BCUT2D eigenvalue weighted by Crippen LogP contribution is 2.36. The fourth-order valence-corrected chi connectivity index (χ4v) is 3.11. The largest absolute Gasteiger partial charge is 0.417 e. The van der Waals surface area contributed by atoms with Gasteiger partial charge in [0.2, 0.25) is 0 Å². The van der Waals surface area contributed by atoms with Crippen LogP contribution in [0.3, 0.4) is 0 Å². The van der Waals surface area contributed by atoms with E-state index in [1.165, 1.54) is 12.1 Å². The first-order valence-corrected chi connectivity index (χ1v) is 7.51. The van der Waals surface area contributed by atoms with Crippen LogP contribution in [-0.4, -0.2) is 8.42 Å². The first-order chi connectivity index (χ1) is 9.70. The third kappa shape index (κ3) is 3.68. The lowest BCUT2D eigenvalue weighted by Gasteiger charge is -2.14. The highest BCUT2D eigenvalue weighted by atomic mass is 35.5. The van der Waals surface area contributed by atoms with Gasteiger partial charge >= 0.3 is 6.18 Å². The number of alkyl halides is 3. The molecular weight excluding hydrogens is 327 g/mol. The van der Waals surface area contributed by atoms with E-state index in [1.54, 1.807) is 18.2 Å². The van der Waals surface area contributed by atoms with Gasteiger partial charge in [0.25, 0.3) is 10.0 Å². The lowest BCUT2D eigenvalue weighted by atomic mass is 10.2. The van der Waals surface area contributed by atoms with Crippen molar-refractivity contribution in [2.45, 2.75) is 11.1 Å². The number of rotatable bonds is 3. The summed E-state index contributed by atoms with van der Waals surface area (Å²) in [7, 11) is -4.37. The maximum Gasteiger partial charge on any atom is 0.417 e. The zero-order chi connectivity index (χ0) is 15.7. The predicted octanol–water partition coefficient (Wildman–Crippen LogP) is 4.16. The summed E-state index contributed by atoms with van der Waals surface area (Å²) in [6, 6.07) is 10.1. The summed E-state index contributed by atoms with van der Waals surface area (Å²) in [4.78, 5) is -0.872. The minimum atomic E-state index is -4.83. The number of para-hydroxylation sites is 1. The standard InChI is InChI=1S/C13H9ClF3NO2S/c14-9-6-7-12(11(8-9)13(15,16)17)21(19,20)18-10-4-2-1-3-5-10/h1-8,18H. The zero-order valence-electron chi connectivity index (χ0n) is 10.4. The summed E-state index contributed by atoms with van der Waals surface area (Å²) in [5.41, 5.74) is -1.14. The molecule has 0 aliphatic heterocycles. The van der Waals surface area contributed by atoms with E-state index in [-0.39, 0.29) is 10.7 Å². The van der Waals surface area contributed by atoms with Crippen molar-refractivity contribution < 1.29 is 21.6 Å². The minimum absolute atomic E-state index is 0.167. The Hall–Kier alpha value is -1.73. The third-order valence-corrected chi connectivity index (χ3v) is 4.24. The molecule has 0 heterocycles. The summed E-state index contributed by atoms with van der Waals surface area (Å²) in [6.45, 7) is 0. The molecule has 0 aromatic heterocycles. The van der Waals surface area contributed by atoms with E-state index in [0.29, 0.717) is 6.07 Å². The van der Waals surface area contributed by atoms with E-state index in [0.717, 1.165) is 12.1 Å². The van der Waals surface area contributed by atoms with E-state index in [1.807, 2.05) is 0 Å². The normalized spacial score (nSPS) is 12.2. The fourth-order valence-electron chi connectivity index (χ4n) is 1.67. The minimum Gasteiger partial charge on any atom is -0.280 e. The number of halogens is 4. The SMILES string of the molecule is O=S(=O)(Nc1ccccc1)c1ccc(Cl)cc1C(F)(F)F. The van der Waals surface area contributed by atoms with E-state index in [9.17, 15) is 21.6 Å². The summed E-state index contributed by atoms with van der Waals surface area (Å²) >= 11 is 5.52. The van der Waals surface area contributed by atoms with Gasteiger partial charge in [-0.2, -0.15) is 13.2 Å². The van der Waals surface area contributed by atoms with Gasteiger partial charge in [-0.15, -0.1) is 0 Å². The lowest BCUT2D eigenvalue weighted by molar-refractivity contribution is -0.139. The zero-order valence-corrected chi connectivity index (χ0v) is 11.9. The molecule has 0 fully saturated rings. The second-order valence-corrected chi connectivity index (χ2v) is 6.20. The molecule has 0 atom stereocenters. The molecule has 3 nitrogen and oxygen atoms in total. The molecule has 2 rings (SSSR count). The number of hydrogen-bond donors (Lipinski definition) is 1. The average Bonchev–Trinajstić information content (AvgIpc) is 2.38. The van der Waals surface area contributed by atoms with Crippen LogP contribution in [-0.2, 0) is 16.2 Å². The molecule has 0 saturated heterocycles. The summed E-state index contributed by atoms with van der Waals surface area (Å²) in [5, 5.41) is -0.194. The summed E-state index contributed by atoms with van der Waals surface area (Å²) < 4.78 is 65.2. The number of hydrogen-bond acceptors (Lipinski definition) is 2. The smallest absolute Gasteiger partial charge is 0.280 e. The van der Waals surface area contributed by atoms with E-state index in [2.05, 4.69) is 4.72 Å². The Morgan fingerprint density at radius 3 is 2.19 bits per heavy atom. The highest BCUT2D eigenvalue weighted by Gasteiger charge is 2.37. The van der Waals surface area contributed by atoms with Crippen molar-refractivity contribution in [2.24, 2.45) is 0 Å². The molecule has 2 aromatic rings. The molecule has 2 aromatic carbocycles. The number of sulfonamides is 1. The van der Waals surface area contributed by atoms with Crippen LogP contribution in [0, 0.1) is 0 Å². The van der Waals surface area contributed by atoms with E-state index in [4.69, 9.17) is 11.6 Å². The molecule has 21 heavy (non-hydrogen) atoms. The van der Waals surface area contributed by atoms with Crippen LogP contribution in [0.1, 0.15) is 5.56 Å². The Morgan fingerprint density at radius 1 is 1.00 bits per heavy atom. The molecule has 0 radical (unpaired) electrons. The first-order valence-electron chi connectivity index (χ1n) is 5.65. The molecule has 1 N–H and O–H groups in total. The van der Waals surface area contributed by atoms with Crippen LogP contribution in [0.25, 0.3) is 0 Å². The molecule has 0 spiro atoms. The maximum absolute atomic E-state index is 12.9. The Balaban J connectivity index is 2.50. The van der Waals surface area contributed by atoms with Gasteiger partial charge in [0.1, 0.15) is 0 Å². The number of nitrogens with one attached hydrogen (secondary N) is 1. The van der Waals surface area contributed by atoms with Crippen LogP contribution in [0.15, 0.2) is 53.4 Å². The van der Waals surface area contributed by atoms with Crippen LogP contribution in [0.4, 0.5) is 18.9 Å². The van der Waals surface area contributed by atoms with E-state index < -0.39 is 26.7 Å². The van der Waals surface area contributed by atoms with Gasteiger partial charge in [0.05, 0.1) is 10.5 Å². The molecular formula is C13H9ClF3NO2S. The molecule has 0 bridgehead atoms. The Labute approximate surface area is 124 Å². The van der Waals surface area contributed by atoms with Crippen LogP contribution < -0.4 is 4.72 Å². The Morgan fingerprint density at radius 2 is 1.62 bits per heavy atom. The van der Waals surface area contributed by atoms with Gasteiger partial charge < -0.3 is 0 Å². The second-order valence-electron chi connectivity index (χ2n) is 4.11. The lowest BCUT2D eigenvalue weighted by Crippen LogP contribution is -2.18. The third-order valence-electron chi connectivity index (χ3n) is 2.56. The van der Waals surface area contributed by atoms with Gasteiger partial charge in [-0.25, -0.2) is 8.42 Å². The van der Waals surface area contributed by atoms with Crippen LogP contribution >= 0.6 is 11.6 Å². The van der Waals surface area contributed by atoms with Gasteiger partial charge in [0, 0.05) is 10.7 Å². The number of anilines is 1. The molecule has 0 amide bonds. The van der Waals surface area contributed by atoms with Gasteiger partial charge in [-0.3, -0.25) is 4.72 Å².